The number of aliphatic carboxylic acids is 1. The highest BCUT2D eigenvalue weighted by Crippen LogP contribution is 2.25. The van der Waals surface area contributed by atoms with E-state index >= 15 is 0 Å². The van der Waals surface area contributed by atoms with Gasteiger partial charge < -0.3 is 10.0 Å². The fourth-order valence-electron chi connectivity index (χ4n) is 3.68. The molecule has 0 radical (unpaired) electrons. The van der Waals surface area contributed by atoms with Gasteiger partial charge in [0.05, 0.1) is 17.8 Å². The highest BCUT2D eigenvalue weighted by Gasteiger charge is 2.35. The van der Waals surface area contributed by atoms with Crippen LogP contribution in [-0.2, 0) is 16.0 Å². The van der Waals surface area contributed by atoms with Crippen LogP contribution in [0.3, 0.4) is 0 Å². The number of carbonyl (C=O) groups excluding carboxylic acids is 1. The predicted octanol–water partition coefficient (Wildman–Crippen LogP) is 2.74. The van der Waals surface area contributed by atoms with Crippen LogP contribution in [0.2, 0.25) is 0 Å². The van der Waals surface area contributed by atoms with E-state index in [2.05, 4.69) is 5.10 Å². The fraction of sp³-hybridized carbons (Fsp3) is 0.450. The molecule has 1 aromatic carbocycles. The molecule has 1 aliphatic heterocycles. The lowest BCUT2D eigenvalue weighted by Crippen LogP contribution is -2.50. The minimum absolute atomic E-state index is 0.136. The summed E-state index contributed by atoms with van der Waals surface area (Å²) in [4.78, 5) is 26.0. The van der Waals surface area contributed by atoms with Crippen LogP contribution in [0.15, 0.2) is 30.3 Å². The second-order valence-corrected chi connectivity index (χ2v) is 7.14. The molecule has 26 heavy (non-hydrogen) atoms. The summed E-state index contributed by atoms with van der Waals surface area (Å²) in [7, 11) is 0. The lowest BCUT2D eigenvalue weighted by Gasteiger charge is -2.36. The number of rotatable bonds is 4. The van der Waals surface area contributed by atoms with Gasteiger partial charge in [0.25, 0.3) is 0 Å². The third kappa shape index (κ3) is 3.49. The van der Waals surface area contributed by atoms with Gasteiger partial charge in [-0.15, -0.1) is 0 Å². The van der Waals surface area contributed by atoms with Crippen molar-refractivity contribution in [2.24, 2.45) is 5.92 Å². The first-order chi connectivity index (χ1) is 12.4. The number of benzene rings is 1. The van der Waals surface area contributed by atoms with Crippen molar-refractivity contribution in [3.63, 3.8) is 0 Å². The fourth-order valence-corrected chi connectivity index (χ4v) is 3.68. The van der Waals surface area contributed by atoms with Crippen LogP contribution >= 0.6 is 0 Å². The topological polar surface area (TPSA) is 75.4 Å². The maximum atomic E-state index is 12.9. The molecule has 0 bridgehead atoms. The number of amides is 1. The third-order valence-corrected chi connectivity index (χ3v) is 5.24. The number of hydrogen-bond acceptors (Lipinski definition) is 3. The van der Waals surface area contributed by atoms with E-state index in [1.54, 1.807) is 0 Å². The maximum absolute atomic E-state index is 12.9. The lowest BCUT2D eigenvalue weighted by atomic mass is 9.92. The Labute approximate surface area is 153 Å². The van der Waals surface area contributed by atoms with Crippen molar-refractivity contribution >= 4 is 11.9 Å². The van der Waals surface area contributed by atoms with E-state index in [9.17, 15) is 14.7 Å². The molecule has 2 aromatic rings. The minimum Gasteiger partial charge on any atom is -0.480 e. The Hall–Kier alpha value is -2.63. The van der Waals surface area contributed by atoms with Gasteiger partial charge in [0.1, 0.15) is 6.04 Å². The number of aryl methyl sites for hydroxylation is 1. The van der Waals surface area contributed by atoms with Crippen molar-refractivity contribution in [1.82, 2.24) is 14.7 Å². The standard InChI is InChI=1S/C20H25N3O3/c1-13-9-10-22(18(11-13)20(25)26)19(24)12-17-14(2)21-23(15(17)3)16-7-5-4-6-8-16/h4-8,13,18H,9-12H2,1-3H3,(H,25,26). The summed E-state index contributed by atoms with van der Waals surface area (Å²) in [6, 6.07) is 9.06. The van der Waals surface area contributed by atoms with Gasteiger partial charge in [0.2, 0.25) is 5.91 Å². The number of nitrogens with zero attached hydrogens (tertiary/aromatic N) is 3. The number of carboxylic acids is 1. The molecule has 3 rings (SSSR count). The second-order valence-electron chi connectivity index (χ2n) is 7.14. The van der Waals surface area contributed by atoms with Crippen molar-refractivity contribution in [1.29, 1.82) is 0 Å². The van der Waals surface area contributed by atoms with Gasteiger partial charge in [-0.05, 0) is 44.7 Å². The summed E-state index contributed by atoms with van der Waals surface area (Å²) in [6.45, 7) is 6.38. The average molecular weight is 355 g/mol. The molecule has 1 saturated heterocycles. The number of likely N-dealkylation sites (tertiary alicyclic amines) is 1. The largest absolute Gasteiger partial charge is 0.480 e. The molecule has 1 N–H and O–H groups in total. The predicted molar refractivity (Wildman–Crippen MR) is 98.3 cm³/mol. The normalized spacial score (nSPS) is 20.2. The summed E-state index contributed by atoms with van der Waals surface area (Å²) in [6.07, 6.45) is 1.54. The van der Waals surface area contributed by atoms with Gasteiger partial charge in [0, 0.05) is 17.8 Å². The van der Waals surface area contributed by atoms with Crippen LogP contribution in [0, 0.1) is 19.8 Å². The van der Waals surface area contributed by atoms with Gasteiger partial charge in [-0.1, -0.05) is 25.1 Å². The molecule has 0 aliphatic carbocycles. The van der Waals surface area contributed by atoms with E-state index in [1.165, 1.54) is 4.90 Å². The zero-order chi connectivity index (χ0) is 18.8. The second kappa shape index (κ2) is 7.32. The van der Waals surface area contributed by atoms with Gasteiger partial charge in [-0.25, -0.2) is 9.48 Å². The van der Waals surface area contributed by atoms with E-state index in [-0.39, 0.29) is 12.3 Å². The molecular weight excluding hydrogens is 330 g/mol. The number of carboxylic acid groups (broad SMARTS) is 1. The SMILES string of the molecule is Cc1nn(-c2ccccc2)c(C)c1CC(=O)N1CCC(C)CC1C(=O)O. The third-order valence-electron chi connectivity index (χ3n) is 5.24. The van der Waals surface area contributed by atoms with E-state index in [0.29, 0.717) is 18.9 Å². The smallest absolute Gasteiger partial charge is 0.326 e. The highest BCUT2D eigenvalue weighted by atomic mass is 16.4. The number of para-hydroxylation sites is 1. The average Bonchev–Trinajstić information content (AvgIpc) is 2.90. The van der Waals surface area contributed by atoms with Gasteiger partial charge in [-0.3, -0.25) is 4.79 Å². The van der Waals surface area contributed by atoms with Crippen molar-refractivity contribution < 1.29 is 14.7 Å². The number of carbonyl (C=O) groups is 2. The Morgan fingerprint density at radius 3 is 2.58 bits per heavy atom. The number of hydrogen-bond donors (Lipinski definition) is 1. The molecule has 2 unspecified atom stereocenters. The molecule has 1 aromatic heterocycles. The van der Waals surface area contributed by atoms with E-state index in [1.807, 2.05) is 55.8 Å². The molecular formula is C20H25N3O3. The van der Waals surface area contributed by atoms with E-state index < -0.39 is 12.0 Å². The van der Waals surface area contributed by atoms with Crippen LogP contribution < -0.4 is 0 Å². The maximum Gasteiger partial charge on any atom is 0.326 e. The van der Waals surface area contributed by atoms with Crippen molar-refractivity contribution in [3.05, 3.63) is 47.3 Å². The van der Waals surface area contributed by atoms with E-state index in [0.717, 1.165) is 29.1 Å². The summed E-state index contributed by atoms with van der Waals surface area (Å²) in [5.41, 5.74) is 3.54. The molecule has 1 amide bonds. The van der Waals surface area contributed by atoms with Crippen LogP contribution in [0.5, 0.6) is 0 Å². The van der Waals surface area contributed by atoms with Crippen molar-refractivity contribution in [3.8, 4) is 5.69 Å². The van der Waals surface area contributed by atoms with E-state index in [4.69, 9.17) is 0 Å². The van der Waals surface area contributed by atoms with Crippen LogP contribution in [-0.4, -0.2) is 44.3 Å². The zero-order valence-corrected chi connectivity index (χ0v) is 15.5. The first kappa shape index (κ1) is 18.2. The molecule has 0 saturated carbocycles. The summed E-state index contributed by atoms with van der Waals surface area (Å²) in [5.74, 6) is -0.731. The molecule has 1 fully saturated rings. The Morgan fingerprint density at radius 1 is 1.23 bits per heavy atom. The van der Waals surface area contributed by atoms with Gasteiger partial charge in [0.15, 0.2) is 0 Å². The Morgan fingerprint density at radius 2 is 1.92 bits per heavy atom. The Bertz CT molecular complexity index is 813. The molecule has 6 heteroatoms. The molecule has 0 spiro atoms. The number of piperidine rings is 1. The van der Waals surface area contributed by atoms with Crippen molar-refractivity contribution in [2.45, 2.75) is 46.1 Å². The van der Waals surface area contributed by atoms with Gasteiger partial charge >= 0.3 is 5.97 Å². The molecule has 138 valence electrons. The summed E-state index contributed by atoms with van der Waals surface area (Å²) >= 11 is 0. The zero-order valence-electron chi connectivity index (χ0n) is 15.5. The minimum atomic E-state index is -0.918. The van der Waals surface area contributed by atoms with Crippen LogP contribution in [0.4, 0.5) is 0 Å². The monoisotopic (exact) mass is 355 g/mol. The van der Waals surface area contributed by atoms with Gasteiger partial charge in [-0.2, -0.15) is 5.10 Å². The molecule has 1 aliphatic rings. The molecule has 6 nitrogen and oxygen atoms in total. The molecule has 2 heterocycles. The first-order valence-electron chi connectivity index (χ1n) is 9.01. The van der Waals surface area contributed by atoms with Crippen LogP contribution in [0.1, 0.15) is 36.7 Å². The van der Waals surface area contributed by atoms with Crippen LogP contribution in [0.25, 0.3) is 5.69 Å². The Balaban J connectivity index is 1.84. The first-order valence-corrected chi connectivity index (χ1v) is 9.01. The molecule has 2 atom stereocenters. The number of aromatic nitrogens is 2. The highest BCUT2D eigenvalue weighted by molar-refractivity contribution is 5.85. The lowest BCUT2D eigenvalue weighted by molar-refractivity contribution is -0.152. The summed E-state index contributed by atoms with van der Waals surface area (Å²) < 4.78 is 1.84. The summed E-state index contributed by atoms with van der Waals surface area (Å²) in [5, 5.41) is 14.1. The quantitative estimate of drug-likeness (QED) is 0.915. The van der Waals surface area contributed by atoms with Crippen molar-refractivity contribution in [2.75, 3.05) is 6.54 Å². The Kier molecular flexibility index (Phi) is 5.11.